The van der Waals surface area contributed by atoms with Crippen molar-refractivity contribution in [1.29, 1.82) is 0 Å². The number of likely N-dealkylation sites (tertiary alicyclic amines) is 1. The Bertz CT molecular complexity index is 1190. The highest BCUT2D eigenvalue weighted by Crippen LogP contribution is 2.46. The summed E-state index contributed by atoms with van der Waals surface area (Å²) in [5.41, 5.74) is 1.10. The van der Waals surface area contributed by atoms with E-state index in [0.29, 0.717) is 48.9 Å². The Balaban J connectivity index is 1.43. The minimum Gasteiger partial charge on any atom is -0.469 e. The van der Waals surface area contributed by atoms with Crippen LogP contribution in [0.15, 0.2) is 30.7 Å². The van der Waals surface area contributed by atoms with E-state index in [2.05, 4.69) is 15.6 Å². The Labute approximate surface area is 245 Å². The summed E-state index contributed by atoms with van der Waals surface area (Å²) < 4.78 is 7.13. The normalized spacial score (nSPS) is 18.1. The highest BCUT2D eigenvalue weighted by molar-refractivity contribution is 6.42. The lowest BCUT2D eigenvalue weighted by atomic mass is 9.63. The fraction of sp³-hybridized carbons (Fsp3) is 0.586. The standard InChI is InChI=1S/C29H39Cl2N5O4/c1-35-18-22(33-19-35)10-13-32-28(39)34-25(17-20-8-9-23(30)24(31)16-20)26(37)36-14-11-29(12-15-36,27(38)40-2)21-6-4-3-5-7-21/h8-9,16,18-19,21,25H,3-7,10-15,17H2,1-2H3,(H2,32,34,39)/t25-/m1/s1. The Kier molecular flexibility index (Phi) is 10.4. The molecule has 1 saturated carbocycles. The third-order valence-electron chi connectivity index (χ3n) is 8.40. The van der Waals surface area contributed by atoms with E-state index in [1.807, 2.05) is 17.8 Å². The number of ether oxygens (including phenoxy) is 1. The number of aromatic nitrogens is 2. The summed E-state index contributed by atoms with van der Waals surface area (Å²) in [6, 6.07) is 3.96. The quantitative estimate of drug-likeness (QED) is 0.416. The van der Waals surface area contributed by atoms with Crippen LogP contribution in [0, 0.1) is 11.3 Å². The number of hydrogen-bond donors (Lipinski definition) is 2. The Hall–Kier alpha value is -2.78. The first-order valence-electron chi connectivity index (χ1n) is 14.0. The van der Waals surface area contributed by atoms with Crippen molar-refractivity contribution in [3.05, 3.63) is 52.0 Å². The summed E-state index contributed by atoms with van der Waals surface area (Å²) in [6.07, 6.45) is 11.0. The Morgan fingerprint density at radius 3 is 2.48 bits per heavy atom. The summed E-state index contributed by atoms with van der Waals surface area (Å²) in [5, 5.41) is 6.52. The number of rotatable bonds is 9. The number of hydrogen-bond acceptors (Lipinski definition) is 5. The van der Waals surface area contributed by atoms with Crippen LogP contribution in [0.4, 0.5) is 4.79 Å². The molecule has 9 nitrogen and oxygen atoms in total. The molecule has 4 rings (SSSR count). The molecule has 1 aromatic carbocycles. The number of nitrogens with one attached hydrogen (secondary N) is 2. The fourth-order valence-electron chi connectivity index (χ4n) is 6.20. The number of imidazole rings is 1. The van der Waals surface area contributed by atoms with Gasteiger partial charge in [0.1, 0.15) is 6.04 Å². The van der Waals surface area contributed by atoms with Gasteiger partial charge in [0.05, 0.1) is 34.6 Å². The number of carbonyl (C=O) groups is 3. The zero-order chi connectivity index (χ0) is 28.7. The molecule has 1 aliphatic carbocycles. The molecule has 0 radical (unpaired) electrons. The number of benzene rings is 1. The minimum absolute atomic E-state index is 0.163. The lowest BCUT2D eigenvalue weighted by molar-refractivity contribution is -0.164. The maximum absolute atomic E-state index is 13.8. The van der Waals surface area contributed by atoms with Gasteiger partial charge < -0.3 is 24.8 Å². The van der Waals surface area contributed by atoms with E-state index >= 15 is 0 Å². The molecule has 11 heteroatoms. The monoisotopic (exact) mass is 591 g/mol. The largest absolute Gasteiger partial charge is 0.469 e. The molecule has 0 bridgehead atoms. The molecule has 2 heterocycles. The van der Waals surface area contributed by atoms with Crippen molar-refractivity contribution >= 4 is 41.1 Å². The van der Waals surface area contributed by atoms with Gasteiger partial charge in [-0.2, -0.15) is 0 Å². The smallest absolute Gasteiger partial charge is 0.315 e. The number of urea groups is 1. The maximum atomic E-state index is 13.8. The van der Waals surface area contributed by atoms with Crippen LogP contribution in [0.5, 0.6) is 0 Å². The Morgan fingerprint density at radius 2 is 1.85 bits per heavy atom. The molecule has 218 valence electrons. The van der Waals surface area contributed by atoms with Gasteiger partial charge in [-0.05, 0) is 49.3 Å². The van der Waals surface area contributed by atoms with Crippen LogP contribution in [0.1, 0.15) is 56.2 Å². The molecule has 1 atom stereocenters. The molecule has 3 amide bonds. The van der Waals surface area contributed by atoms with E-state index in [1.165, 1.54) is 13.5 Å². The zero-order valence-corrected chi connectivity index (χ0v) is 24.8. The summed E-state index contributed by atoms with van der Waals surface area (Å²) in [5.74, 6) is -0.0710. The number of amides is 3. The predicted molar refractivity (Wildman–Crippen MR) is 154 cm³/mol. The number of aryl methyl sites for hydroxylation is 1. The summed E-state index contributed by atoms with van der Waals surface area (Å²) in [4.78, 5) is 45.7. The van der Waals surface area contributed by atoms with Crippen LogP contribution in [0.25, 0.3) is 0 Å². The van der Waals surface area contributed by atoms with Crippen LogP contribution >= 0.6 is 23.2 Å². The first-order valence-corrected chi connectivity index (χ1v) is 14.8. The number of esters is 1. The van der Waals surface area contributed by atoms with Crippen molar-refractivity contribution in [2.45, 2.75) is 63.8 Å². The van der Waals surface area contributed by atoms with E-state index in [4.69, 9.17) is 27.9 Å². The fourth-order valence-corrected chi connectivity index (χ4v) is 6.52. The first kappa shape index (κ1) is 30.2. The van der Waals surface area contributed by atoms with Crippen molar-refractivity contribution in [2.75, 3.05) is 26.7 Å². The van der Waals surface area contributed by atoms with Crippen molar-refractivity contribution in [2.24, 2.45) is 18.4 Å². The highest BCUT2D eigenvalue weighted by Gasteiger charge is 2.49. The highest BCUT2D eigenvalue weighted by atomic mass is 35.5. The number of carbonyl (C=O) groups excluding carboxylic acids is 3. The molecule has 0 unspecified atom stereocenters. The molecule has 1 aromatic heterocycles. The van der Waals surface area contributed by atoms with E-state index < -0.39 is 17.5 Å². The molecule has 1 saturated heterocycles. The first-order chi connectivity index (χ1) is 19.2. The van der Waals surface area contributed by atoms with Gasteiger partial charge >= 0.3 is 12.0 Å². The van der Waals surface area contributed by atoms with Crippen LogP contribution < -0.4 is 10.6 Å². The van der Waals surface area contributed by atoms with Crippen LogP contribution in [-0.4, -0.2) is 65.1 Å². The summed E-state index contributed by atoms with van der Waals surface area (Å²) in [7, 11) is 3.34. The second-order valence-electron chi connectivity index (χ2n) is 11.0. The van der Waals surface area contributed by atoms with E-state index in [0.717, 1.165) is 36.9 Å². The summed E-state index contributed by atoms with van der Waals surface area (Å²) >= 11 is 12.3. The predicted octanol–water partition coefficient (Wildman–Crippen LogP) is 4.54. The van der Waals surface area contributed by atoms with Crippen molar-refractivity contribution < 1.29 is 19.1 Å². The molecule has 1 aliphatic heterocycles. The molecule has 2 N–H and O–H groups in total. The summed E-state index contributed by atoms with van der Waals surface area (Å²) in [6.45, 7) is 1.25. The van der Waals surface area contributed by atoms with Gasteiger partial charge in [-0.25, -0.2) is 9.78 Å². The van der Waals surface area contributed by atoms with E-state index in [9.17, 15) is 14.4 Å². The number of nitrogens with zero attached hydrogens (tertiary/aromatic N) is 3. The molecule has 0 spiro atoms. The van der Waals surface area contributed by atoms with Gasteiger partial charge in [-0.15, -0.1) is 0 Å². The maximum Gasteiger partial charge on any atom is 0.315 e. The van der Waals surface area contributed by atoms with E-state index in [-0.39, 0.29) is 24.2 Å². The molecule has 2 aliphatic rings. The lowest BCUT2D eigenvalue weighted by Crippen LogP contribution is -2.56. The van der Waals surface area contributed by atoms with Gasteiger partial charge in [0, 0.05) is 45.7 Å². The number of piperidine rings is 1. The third-order valence-corrected chi connectivity index (χ3v) is 9.14. The van der Waals surface area contributed by atoms with Gasteiger partial charge in [0.15, 0.2) is 0 Å². The van der Waals surface area contributed by atoms with Gasteiger partial charge in [-0.3, -0.25) is 9.59 Å². The molecule has 2 fully saturated rings. The van der Waals surface area contributed by atoms with Crippen molar-refractivity contribution in [3.63, 3.8) is 0 Å². The van der Waals surface area contributed by atoms with Crippen LogP contribution in [0.2, 0.25) is 10.0 Å². The van der Waals surface area contributed by atoms with Crippen molar-refractivity contribution in [1.82, 2.24) is 25.1 Å². The second kappa shape index (κ2) is 13.7. The SMILES string of the molecule is COC(=O)C1(C2CCCCC2)CCN(C(=O)[C@@H](Cc2ccc(Cl)c(Cl)c2)NC(=O)NCCc2cn(C)cn2)CC1. The molecule has 2 aromatic rings. The lowest BCUT2D eigenvalue weighted by Gasteiger charge is -2.46. The molecule has 40 heavy (non-hydrogen) atoms. The molecular formula is C29H39Cl2N5O4. The van der Waals surface area contributed by atoms with Crippen LogP contribution in [-0.2, 0) is 34.2 Å². The van der Waals surface area contributed by atoms with Crippen molar-refractivity contribution in [3.8, 4) is 0 Å². The minimum atomic E-state index is -0.813. The van der Waals surface area contributed by atoms with E-state index in [1.54, 1.807) is 29.4 Å². The number of methoxy groups -OCH3 is 1. The molecular weight excluding hydrogens is 553 g/mol. The second-order valence-corrected chi connectivity index (χ2v) is 11.8. The average molecular weight is 593 g/mol. The van der Waals surface area contributed by atoms with Gasteiger partial charge in [0.25, 0.3) is 0 Å². The third kappa shape index (κ3) is 7.29. The average Bonchev–Trinajstić information content (AvgIpc) is 3.39. The number of halogens is 2. The zero-order valence-electron chi connectivity index (χ0n) is 23.3. The van der Waals surface area contributed by atoms with Gasteiger partial charge in [-0.1, -0.05) is 48.5 Å². The van der Waals surface area contributed by atoms with Gasteiger partial charge in [0.2, 0.25) is 5.91 Å². The topological polar surface area (TPSA) is 106 Å². The Morgan fingerprint density at radius 1 is 1.12 bits per heavy atom. The van der Waals surface area contributed by atoms with Crippen LogP contribution in [0.3, 0.4) is 0 Å².